The number of carbonyl (C=O) groups is 2. The van der Waals surface area contributed by atoms with Crippen molar-refractivity contribution in [2.75, 3.05) is 32.8 Å². The number of rotatable bonds is 4. The number of carbonyl (C=O) groups excluding carboxylic acids is 2. The van der Waals surface area contributed by atoms with Gasteiger partial charge < -0.3 is 20.7 Å². The number of morpholine rings is 1. The lowest BCUT2D eigenvalue weighted by Gasteiger charge is -2.33. The molecular weight excluding hydrogens is 313 g/mol. The predicted molar refractivity (Wildman–Crippen MR) is 81.0 cm³/mol. The quantitative estimate of drug-likeness (QED) is 0.826. The van der Waals surface area contributed by atoms with Crippen molar-refractivity contribution in [2.45, 2.75) is 6.10 Å². The Kier molecular flexibility index (Phi) is 7.23. The van der Waals surface area contributed by atoms with Crippen molar-refractivity contribution in [3.05, 3.63) is 35.6 Å². The lowest BCUT2D eigenvalue weighted by molar-refractivity contribution is -0.139. The fourth-order valence-electron chi connectivity index (χ4n) is 2.11. The van der Waals surface area contributed by atoms with Crippen LogP contribution in [0.2, 0.25) is 0 Å². The molecule has 0 aliphatic carbocycles. The maximum Gasteiger partial charge on any atom is 0.242 e. The fourth-order valence-corrected chi connectivity index (χ4v) is 2.11. The Bertz CT molecular complexity index is 513. The minimum Gasteiger partial charge on any atom is -0.370 e. The first-order chi connectivity index (χ1) is 10.1. The first-order valence-electron chi connectivity index (χ1n) is 6.71. The Morgan fingerprint density at radius 2 is 2.05 bits per heavy atom. The van der Waals surface area contributed by atoms with Crippen LogP contribution in [0.15, 0.2) is 24.3 Å². The minimum atomic E-state index is -0.369. The average Bonchev–Trinajstić information content (AvgIpc) is 2.53. The van der Waals surface area contributed by atoms with Crippen molar-refractivity contribution in [3.63, 3.8) is 0 Å². The number of hydrogen-bond acceptors (Lipinski definition) is 4. The van der Waals surface area contributed by atoms with E-state index in [1.165, 1.54) is 12.1 Å². The molecule has 1 unspecified atom stereocenters. The summed E-state index contributed by atoms with van der Waals surface area (Å²) in [5, 5.41) is 2.45. The predicted octanol–water partition coefficient (Wildman–Crippen LogP) is 0.222. The molecule has 1 aromatic rings. The second kappa shape index (κ2) is 8.67. The Morgan fingerprint density at radius 1 is 1.36 bits per heavy atom. The summed E-state index contributed by atoms with van der Waals surface area (Å²) in [5.74, 6) is -0.870. The van der Waals surface area contributed by atoms with Crippen LogP contribution >= 0.6 is 12.4 Å². The normalized spacial score (nSPS) is 17.5. The number of hydrogen-bond donors (Lipinski definition) is 2. The van der Waals surface area contributed by atoms with E-state index in [4.69, 9.17) is 10.5 Å². The molecule has 8 heteroatoms. The van der Waals surface area contributed by atoms with E-state index in [9.17, 15) is 14.0 Å². The largest absolute Gasteiger partial charge is 0.370 e. The third-order valence-corrected chi connectivity index (χ3v) is 3.28. The number of halogens is 2. The highest BCUT2D eigenvalue weighted by Crippen LogP contribution is 2.22. The first-order valence-corrected chi connectivity index (χ1v) is 6.71. The van der Waals surface area contributed by atoms with Crippen LogP contribution in [-0.2, 0) is 14.3 Å². The van der Waals surface area contributed by atoms with Gasteiger partial charge in [0.1, 0.15) is 11.9 Å². The summed E-state index contributed by atoms with van der Waals surface area (Å²) in [5.41, 5.74) is 5.98. The van der Waals surface area contributed by atoms with Gasteiger partial charge in [-0.2, -0.15) is 0 Å². The van der Waals surface area contributed by atoms with Crippen LogP contribution in [0.4, 0.5) is 4.39 Å². The van der Waals surface area contributed by atoms with E-state index >= 15 is 0 Å². The molecule has 0 spiro atoms. The summed E-state index contributed by atoms with van der Waals surface area (Å²) in [4.78, 5) is 24.7. The van der Waals surface area contributed by atoms with Gasteiger partial charge in [0, 0.05) is 6.54 Å². The Hall–Kier alpha value is -1.70. The first kappa shape index (κ1) is 18.3. The summed E-state index contributed by atoms with van der Waals surface area (Å²) >= 11 is 0. The highest BCUT2D eigenvalue weighted by atomic mass is 35.5. The van der Waals surface area contributed by atoms with Gasteiger partial charge in [0.15, 0.2) is 0 Å². The number of amides is 2. The molecule has 2 amide bonds. The molecule has 1 heterocycles. The summed E-state index contributed by atoms with van der Waals surface area (Å²) in [7, 11) is 0. The average molecular weight is 332 g/mol. The molecule has 1 atom stereocenters. The lowest BCUT2D eigenvalue weighted by atomic mass is 10.1. The van der Waals surface area contributed by atoms with Gasteiger partial charge in [0.25, 0.3) is 0 Å². The summed E-state index contributed by atoms with van der Waals surface area (Å²) in [6.07, 6.45) is -0.284. The Morgan fingerprint density at radius 3 is 2.68 bits per heavy atom. The molecule has 1 fully saturated rings. The van der Waals surface area contributed by atoms with E-state index < -0.39 is 0 Å². The standard InChI is InChI=1S/C14H18FN3O3.ClH/c15-11-3-1-10(2-4-11)12-9-18(5-6-21-12)14(20)8-17-13(19)7-16;/h1-4,12H,5-9,16H2,(H,17,19);1H. The van der Waals surface area contributed by atoms with E-state index in [2.05, 4.69) is 5.32 Å². The van der Waals surface area contributed by atoms with Gasteiger partial charge in [0.05, 0.1) is 26.2 Å². The highest BCUT2D eigenvalue weighted by Gasteiger charge is 2.25. The number of nitrogens with one attached hydrogen (secondary N) is 1. The molecule has 22 heavy (non-hydrogen) atoms. The van der Waals surface area contributed by atoms with Crippen LogP contribution in [0.5, 0.6) is 0 Å². The lowest BCUT2D eigenvalue weighted by Crippen LogP contribution is -2.47. The van der Waals surface area contributed by atoms with Crippen LogP contribution in [-0.4, -0.2) is 49.5 Å². The van der Waals surface area contributed by atoms with E-state index in [0.717, 1.165) is 5.56 Å². The number of ether oxygens (including phenoxy) is 1. The molecule has 0 bridgehead atoms. The van der Waals surface area contributed by atoms with Crippen LogP contribution in [0.3, 0.4) is 0 Å². The third kappa shape index (κ3) is 4.94. The van der Waals surface area contributed by atoms with E-state index in [-0.39, 0.29) is 49.2 Å². The maximum absolute atomic E-state index is 12.9. The molecule has 3 N–H and O–H groups in total. The fraction of sp³-hybridized carbons (Fsp3) is 0.429. The van der Waals surface area contributed by atoms with Gasteiger partial charge in [-0.15, -0.1) is 12.4 Å². The molecule has 0 aromatic heterocycles. The molecule has 1 aromatic carbocycles. The SMILES string of the molecule is Cl.NCC(=O)NCC(=O)N1CCOC(c2ccc(F)cc2)C1. The van der Waals surface area contributed by atoms with Crippen molar-refractivity contribution in [3.8, 4) is 0 Å². The highest BCUT2D eigenvalue weighted by molar-refractivity contribution is 5.85. The minimum absolute atomic E-state index is 0. The van der Waals surface area contributed by atoms with Crippen LogP contribution in [0.25, 0.3) is 0 Å². The van der Waals surface area contributed by atoms with E-state index in [1.807, 2.05) is 0 Å². The number of nitrogens with two attached hydrogens (primary N) is 1. The van der Waals surface area contributed by atoms with Crippen molar-refractivity contribution in [1.29, 1.82) is 0 Å². The summed E-state index contributed by atoms with van der Waals surface area (Å²) < 4.78 is 18.5. The monoisotopic (exact) mass is 331 g/mol. The third-order valence-electron chi connectivity index (χ3n) is 3.28. The van der Waals surface area contributed by atoms with Gasteiger partial charge in [-0.3, -0.25) is 9.59 Å². The molecule has 1 saturated heterocycles. The van der Waals surface area contributed by atoms with Crippen LogP contribution < -0.4 is 11.1 Å². The van der Waals surface area contributed by atoms with Gasteiger partial charge >= 0.3 is 0 Å². The maximum atomic E-state index is 12.9. The number of benzene rings is 1. The zero-order chi connectivity index (χ0) is 15.2. The summed E-state index contributed by atoms with van der Waals surface area (Å²) in [6.45, 7) is 1.03. The van der Waals surface area contributed by atoms with Crippen molar-refractivity contribution >= 4 is 24.2 Å². The van der Waals surface area contributed by atoms with Crippen molar-refractivity contribution in [2.24, 2.45) is 5.73 Å². The molecule has 6 nitrogen and oxygen atoms in total. The second-order valence-electron chi connectivity index (χ2n) is 4.73. The zero-order valence-electron chi connectivity index (χ0n) is 12.0. The van der Waals surface area contributed by atoms with Gasteiger partial charge in [-0.05, 0) is 17.7 Å². The second-order valence-corrected chi connectivity index (χ2v) is 4.73. The van der Waals surface area contributed by atoms with Gasteiger partial charge in [0.2, 0.25) is 11.8 Å². The van der Waals surface area contributed by atoms with Gasteiger partial charge in [-0.25, -0.2) is 4.39 Å². The van der Waals surface area contributed by atoms with Crippen molar-refractivity contribution < 1.29 is 18.7 Å². The molecule has 0 radical (unpaired) electrons. The van der Waals surface area contributed by atoms with Crippen molar-refractivity contribution in [1.82, 2.24) is 10.2 Å². The van der Waals surface area contributed by atoms with E-state index in [0.29, 0.717) is 19.7 Å². The number of nitrogens with zero attached hydrogens (tertiary/aromatic N) is 1. The molecule has 122 valence electrons. The summed E-state index contributed by atoms with van der Waals surface area (Å²) in [6, 6.07) is 6.01. The Labute approximate surface area is 134 Å². The van der Waals surface area contributed by atoms with Crippen LogP contribution in [0.1, 0.15) is 11.7 Å². The molecule has 2 rings (SSSR count). The molecular formula is C14H19ClFN3O3. The smallest absolute Gasteiger partial charge is 0.242 e. The van der Waals surface area contributed by atoms with Gasteiger partial charge in [-0.1, -0.05) is 12.1 Å². The molecule has 1 aliphatic rings. The topological polar surface area (TPSA) is 84.7 Å². The molecule has 0 saturated carbocycles. The Balaban J connectivity index is 0.00000242. The zero-order valence-corrected chi connectivity index (χ0v) is 12.8. The van der Waals surface area contributed by atoms with Crippen LogP contribution in [0, 0.1) is 5.82 Å². The van der Waals surface area contributed by atoms with E-state index in [1.54, 1.807) is 17.0 Å². The molecule has 1 aliphatic heterocycles.